The van der Waals surface area contributed by atoms with Crippen LogP contribution in [0, 0.1) is 13.8 Å². The zero-order chi connectivity index (χ0) is 32.5. The lowest BCUT2D eigenvalue weighted by Crippen LogP contribution is -2.80. The number of hydrogen-bond donors (Lipinski definition) is 1. The second-order valence-corrected chi connectivity index (χ2v) is 14.2. The van der Waals surface area contributed by atoms with Crippen LogP contribution < -0.4 is 10.4 Å². The van der Waals surface area contributed by atoms with Gasteiger partial charge in [-0.05, 0) is 51.8 Å². The molecule has 248 valence electrons. The summed E-state index contributed by atoms with van der Waals surface area (Å²) in [7, 11) is 2.17. The first-order chi connectivity index (χ1) is 22.1. The van der Waals surface area contributed by atoms with E-state index in [4.69, 9.17) is 0 Å². The first-order valence-corrected chi connectivity index (χ1v) is 17.1. The number of nitrogens with zero attached hydrogens (tertiary/aromatic N) is 5. The number of carbonyl (C=O) groups excluding carboxylic acids is 3. The first-order valence-electron chi connectivity index (χ1n) is 17.1. The molecule has 2 unspecified atom stereocenters. The number of rotatable bonds is 7. The summed E-state index contributed by atoms with van der Waals surface area (Å²) in [6.45, 7) is 10.7. The van der Waals surface area contributed by atoms with Crippen LogP contribution in [0.25, 0.3) is 0 Å². The number of urea groups is 1. The predicted octanol–water partition coefficient (Wildman–Crippen LogP) is 3.21. The van der Waals surface area contributed by atoms with E-state index in [0.717, 1.165) is 73.2 Å². The van der Waals surface area contributed by atoms with Gasteiger partial charge in [-0.25, -0.2) is 4.79 Å². The van der Waals surface area contributed by atoms with E-state index in [2.05, 4.69) is 45.3 Å². The molecule has 10 heteroatoms. The molecule has 10 nitrogen and oxygen atoms in total. The van der Waals surface area contributed by atoms with E-state index in [0.29, 0.717) is 44.9 Å². The standard InChI is InChI=1S/C36H50N6O4/c1-27-22-28(2)24-29(23-27)26-42(35(45)46)20-11-32(41-15-8-30-6-4-5-7-33(30)37-34(41)44)25-36(42,12-21-43)40-13-9-31(10-14-40)39-18-16-38(3)17-19-39/h4-7,21-24,31-32H,8-20,25-26H2,1-3H3,(H-,37,44,45,46)/t32?,36?,42-/m0/s1. The number of benzene rings is 2. The van der Waals surface area contributed by atoms with Crippen LogP contribution in [-0.2, 0) is 17.8 Å². The van der Waals surface area contributed by atoms with Crippen molar-refractivity contribution in [2.45, 2.75) is 76.7 Å². The highest BCUT2D eigenvalue weighted by Gasteiger charge is 2.61. The number of fused-ring (bicyclic) bond motifs is 1. The van der Waals surface area contributed by atoms with Gasteiger partial charge in [0.05, 0.1) is 13.0 Å². The van der Waals surface area contributed by atoms with Crippen LogP contribution in [0.3, 0.4) is 0 Å². The lowest BCUT2D eigenvalue weighted by Gasteiger charge is -2.62. The molecule has 4 aliphatic heterocycles. The fourth-order valence-electron chi connectivity index (χ4n) is 9.01. The third-order valence-corrected chi connectivity index (χ3v) is 11.4. The van der Waals surface area contributed by atoms with Crippen LogP contribution in [0.2, 0.25) is 0 Å². The fraction of sp³-hybridized carbons (Fsp3) is 0.583. The number of aryl methyl sites for hydroxylation is 2. The van der Waals surface area contributed by atoms with Gasteiger partial charge in [-0.15, -0.1) is 0 Å². The van der Waals surface area contributed by atoms with Crippen molar-refractivity contribution in [3.8, 4) is 0 Å². The average Bonchev–Trinajstić information content (AvgIpc) is 3.20. The van der Waals surface area contributed by atoms with Crippen molar-refractivity contribution in [3.05, 3.63) is 64.7 Å². The van der Waals surface area contributed by atoms with E-state index >= 15 is 0 Å². The molecule has 0 bridgehead atoms. The van der Waals surface area contributed by atoms with Gasteiger partial charge >= 0.3 is 6.03 Å². The van der Waals surface area contributed by atoms with Crippen molar-refractivity contribution in [3.63, 3.8) is 0 Å². The number of carboxylic acid groups (broad SMARTS) is 1. The minimum Gasteiger partial charge on any atom is -0.498 e. The Bertz CT molecular complexity index is 1420. The van der Waals surface area contributed by atoms with Gasteiger partial charge in [-0.3, -0.25) is 14.3 Å². The van der Waals surface area contributed by atoms with Gasteiger partial charge in [0.15, 0.2) is 5.66 Å². The molecule has 3 fully saturated rings. The summed E-state index contributed by atoms with van der Waals surface area (Å²) in [5.41, 5.74) is 3.96. The van der Waals surface area contributed by atoms with Crippen LogP contribution in [-0.4, -0.2) is 120 Å². The lowest BCUT2D eigenvalue weighted by molar-refractivity contribution is -0.956. The van der Waals surface area contributed by atoms with Crippen molar-refractivity contribution in [1.29, 1.82) is 0 Å². The van der Waals surface area contributed by atoms with E-state index in [1.54, 1.807) is 0 Å². The van der Waals surface area contributed by atoms with Gasteiger partial charge in [-0.2, -0.15) is 0 Å². The number of piperidine rings is 2. The number of aldehydes is 1. The Kier molecular flexibility index (Phi) is 9.53. The van der Waals surface area contributed by atoms with Crippen LogP contribution in [0.1, 0.15) is 54.4 Å². The number of anilines is 1. The zero-order valence-corrected chi connectivity index (χ0v) is 27.7. The second kappa shape index (κ2) is 13.4. The minimum absolute atomic E-state index is 0.0666. The van der Waals surface area contributed by atoms with Crippen molar-refractivity contribution in [2.24, 2.45) is 0 Å². The summed E-state index contributed by atoms with van der Waals surface area (Å²) in [5, 5.41) is 16.8. The average molecular weight is 631 g/mol. The normalized spacial score (nSPS) is 28.7. The molecule has 3 saturated heterocycles. The Labute approximate surface area is 273 Å². The molecule has 3 amide bonds. The Balaban J connectivity index is 1.35. The molecule has 0 aromatic heterocycles. The van der Waals surface area contributed by atoms with Crippen LogP contribution in [0.5, 0.6) is 0 Å². The Morgan fingerprint density at radius 1 is 0.978 bits per heavy atom. The number of hydrogen-bond acceptors (Lipinski definition) is 7. The van der Waals surface area contributed by atoms with Crippen LogP contribution >= 0.6 is 0 Å². The lowest BCUT2D eigenvalue weighted by atomic mass is 9.81. The maximum Gasteiger partial charge on any atom is 0.322 e. The number of para-hydroxylation sites is 1. The predicted molar refractivity (Wildman–Crippen MR) is 176 cm³/mol. The monoisotopic (exact) mass is 630 g/mol. The summed E-state index contributed by atoms with van der Waals surface area (Å²) < 4.78 is -0.333. The maximum absolute atomic E-state index is 13.7. The summed E-state index contributed by atoms with van der Waals surface area (Å²) in [6.07, 6.45) is 3.30. The van der Waals surface area contributed by atoms with Gasteiger partial charge in [0.2, 0.25) is 0 Å². The summed E-state index contributed by atoms with van der Waals surface area (Å²) >= 11 is 0. The SMILES string of the molecule is Cc1cc(C)cc(C[N@+]2(C(=O)[O-])CCC(N3CCc4ccccc4NC3=O)CC2(CC=O)N2CCC(N3CCN(C)CC3)CC2)c1. The van der Waals surface area contributed by atoms with E-state index < -0.39 is 11.8 Å². The molecular weight excluding hydrogens is 580 g/mol. The largest absolute Gasteiger partial charge is 0.498 e. The molecular formula is C36H50N6O4. The zero-order valence-electron chi connectivity index (χ0n) is 27.7. The van der Waals surface area contributed by atoms with E-state index in [1.165, 1.54) is 0 Å². The second-order valence-electron chi connectivity index (χ2n) is 14.2. The number of carbonyl (C=O) groups is 3. The number of quaternary nitrogens is 1. The third-order valence-electron chi connectivity index (χ3n) is 11.4. The molecule has 0 spiro atoms. The van der Waals surface area contributed by atoms with Crippen molar-refractivity contribution in [1.82, 2.24) is 19.6 Å². The topological polar surface area (TPSA) is 99.3 Å². The van der Waals surface area contributed by atoms with Crippen molar-refractivity contribution >= 4 is 24.1 Å². The Morgan fingerprint density at radius 2 is 1.67 bits per heavy atom. The van der Waals surface area contributed by atoms with E-state index in [1.807, 2.05) is 43.0 Å². The van der Waals surface area contributed by atoms with Crippen molar-refractivity contribution in [2.75, 3.05) is 64.7 Å². The van der Waals surface area contributed by atoms with Crippen molar-refractivity contribution < 1.29 is 24.0 Å². The molecule has 1 N–H and O–H groups in total. The molecule has 3 atom stereocenters. The van der Waals surface area contributed by atoms with Gasteiger partial charge in [0.25, 0.3) is 6.09 Å². The quantitative estimate of drug-likeness (QED) is 0.371. The molecule has 0 aliphatic carbocycles. The van der Waals surface area contributed by atoms with Crippen LogP contribution in [0.15, 0.2) is 42.5 Å². The molecule has 4 aliphatic rings. The smallest absolute Gasteiger partial charge is 0.322 e. The molecule has 6 rings (SSSR count). The molecule has 0 radical (unpaired) electrons. The van der Waals surface area contributed by atoms with E-state index in [9.17, 15) is 19.5 Å². The molecule has 2 aromatic carbocycles. The number of likely N-dealkylation sites (tertiary alicyclic amines) is 2. The number of piperazine rings is 1. The highest BCUT2D eigenvalue weighted by Crippen LogP contribution is 2.45. The van der Waals surface area contributed by atoms with Gasteiger partial charge in [0.1, 0.15) is 12.8 Å². The number of nitrogens with one attached hydrogen (secondary N) is 1. The summed E-state index contributed by atoms with van der Waals surface area (Å²) in [4.78, 5) is 49.3. The van der Waals surface area contributed by atoms with Gasteiger partial charge in [-0.1, -0.05) is 47.5 Å². The summed E-state index contributed by atoms with van der Waals surface area (Å²) in [5.74, 6) is 0. The van der Waals surface area contributed by atoms with Gasteiger partial charge < -0.3 is 29.8 Å². The Morgan fingerprint density at radius 3 is 2.35 bits per heavy atom. The summed E-state index contributed by atoms with van der Waals surface area (Å²) in [6, 6.07) is 14.2. The minimum atomic E-state index is -1.15. The number of likely N-dealkylation sites (N-methyl/N-ethyl adjacent to an activating group) is 1. The molecule has 4 heterocycles. The first kappa shape index (κ1) is 32.6. The number of amides is 3. The third kappa shape index (κ3) is 6.20. The van der Waals surface area contributed by atoms with Crippen LogP contribution in [0.4, 0.5) is 15.3 Å². The van der Waals surface area contributed by atoms with E-state index in [-0.39, 0.29) is 36.1 Å². The molecule has 46 heavy (non-hydrogen) atoms. The fourth-order valence-corrected chi connectivity index (χ4v) is 9.01. The highest BCUT2D eigenvalue weighted by molar-refractivity contribution is 5.91. The molecule has 0 saturated carbocycles. The Hall–Kier alpha value is -3.31. The van der Waals surface area contributed by atoms with Gasteiger partial charge in [0, 0.05) is 82.0 Å². The highest BCUT2D eigenvalue weighted by atomic mass is 16.4. The molecule has 2 aromatic rings. The maximum atomic E-state index is 13.7.